The Balaban J connectivity index is 1.47. The normalized spacial score (nSPS) is 18.3. The number of rotatable bonds is 9. The Hall–Kier alpha value is -1.39. The van der Waals surface area contributed by atoms with Crippen molar-refractivity contribution in [3.63, 3.8) is 0 Å². The summed E-state index contributed by atoms with van der Waals surface area (Å²) in [6.07, 6.45) is -4.38. The maximum absolute atomic E-state index is 12.3. The molecule has 0 aromatic heterocycles. The Morgan fingerprint density at radius 2 is 1.73 bits per heavy atom. The summed E-state index contributed by atoms with van der Waals surface area (Å²) in [4.78, 5) is 0. The molecule has 0 bridgehead atoms. The van der Waals surface area contributed by atoms with Gasteiger partial charge in [-0.15, -0.1) is 13.2 Å². The second kappa shape index (κ2) is 11.8. The van der Waals surface area contributed by atoms with Crippen molar-refractivity contribution in [3.8, 4) is 11.5 Å². The minimum atomic E-state index is -4.75. The zero-order valence-corrected chi connectivity index (χ0v) is 19.7. The molecule has 12 heteroatoms. The van der Waals surface area contributed by atoms with Gasteiger partial charge in [0, 0.05) is 11.1 Å². The minimum absolute atomic E-state index is 0.0880. The molecular weight excluding hydrogens is 531 g/mol. The lowest BCUT2D eigenvalue weighted by Crippen LogP contribution is -2.18. The average Bonchev–Trinajstić information content (AvgIpc) is 3.18. The Bertz CT molecular complexity index is 942. The predicted molar refractivity (Wildman–Crippen MR) is 118 cm³/mol. The molecule has 2 aromatic carbocycles. The highest BCUT2D eigenvalue weighted by Crippen LogP contribution is 2.32. The van der Waals surface area contributed by atoms with Gasteiger partial charge < -0.3 is 23.7 Å². The summed E-state index contributed by atoms with van der Waals surface area (Å²) in [5, 5.41) is 0.724. The summed E-state index contributed by atoms with van der Waals surface area (Å²) in [6.45, 7) is 0.717. The van der Waals surface area contributed by atoms with Crippen LogP contribution in [-0.2, 0) is 20.8 Å². The fourth-order valence-electron chi connectivity index (χ4n) is 2.83. The van der Waals surface area contributed by atoms with Gasteiger partial charge in [-0.25, -0.2) is 0 Å². The molecule has 5 nitrogen and oxygen atoms in total. The largest absolute Gasteiger partial charge is 0.573 e. The highest BCUT2D eigenvalue weighted by molar-refractivity contribution is 6.55. The summed E-state index contributed by atoms with van der Waals surface area (Å²) in [5.74, 6) is 0.121. The number of ether oxygens (including phenoxy) is 5. The van der Waals surface area contributed by atoms with E-state index in [4.69, 9.17) is 65.4 Å². The van der Waals surface area contributed by atoms with Crippen LogP contribution in [0.1, 0.15) is 17.4 Å². The summed E-state index contributed by atoms with van der Waals surface area (Å²) < 4.78 is 63.1. The van der Waals surface area contributed by atoms with Crippen molar-refractivity contribution in [1.29, 1.82) is 0 Å². The maximum Gasteiger partial charge on any atom is 0.573 e. The third-order valence-electron chi connectivity index (χ3n) is 4.29. The van der Waals surface area contributed by atoms with E-state index in [9.17, 15) is 13.2 Å². The first-order valence-corrected chi connectivity index (χ1v) is 10.9. The quantitative estimate of drug-likeness (QED) is 0.331. The molecule has 0 spiro atoms. The monoisotopic (exact) mass is 546 g/mol. The van der Waals surface area contributed by atoms with Gasteiger partial charge in [0.05, 0.1) is 29.9 Å². The third kappa shape index (κ3) is 8.40. The first kappa shape index (κ1) is 26.2. The van der Waals surface area contributed by atoms with Gasteiger partial charge in [-0.1, -0.05) is 58.5 Å². The van der Waals surface area contributed by atoms with Gasteiger partial charge >= 0.3 is 6.36 Å². The van der Waals surface area contributed by atoms with E-state index in [1.165, 1.54) is 30.3 Å². The molecule has 1 fully saturated rings. The van der Waals surface area contributed by atoms with E-state index in [0.29, 0.717) is 26.9 Å². The van der Waals surface area contributed by atoms with Crippen molar-refractivity contribution in [2.24, 2.45) is 0 Å². The Morgan fingerprint density at radius 1 is 1.06 bits per heavy atom. The maximum atomic E-state index is 12.3. The first-order chi connectivity index (χ1) is 15.6. The van der Waals surface area contributed by atoms with Crippen molar-refractivity contribution in [2.45, 2.75) is 25.4 Å². The lowest BCUT2D eigenvalue weighted by atomic mass is 10.2. The Kier molecular flexibility index (Phi) is 9.41. The van der Waals surface area contributed by atoms with Gasteiger partial charge in [0.1, 0.15) is 28.7 Å². The van der Waals surface area contributed by atoms with Gasteiger partial charge in [0.2, 0.25) is 0 Å². The van der Waals surface area contributed by atoms with Crippen molar-refractivity contribution < 1.29 is 36.9 Å². The lowest BCUT2D eigenvalue weighted by molar-refractivity contribution is -0.274. The van der Waals surface area contributed by atoms with E-state index in [1.807, 2.05) is 0 Å². The molecule has 3 rings (SSSR count). The van der Waals surface area contributed by atoms with Crippen LogP contribution in [0, 0.1) is 0 Å². The molecule has 2 unspecified atom stereocenters. The average molecular weight is 548 g/mol. The molecule has 0 radical (unpaired) electrons. The van der Waals surface area contributed by atoms with Crippen molar-refractivity contribution in [2.75, 3.05) is 19.8 Å². The van der Waals surface area contributed by atoms with E-state index >= 15 is 0 Å². The Morgan fingerprint density at radius 3 is 2.33 bits per heavy atom. The zero-order chi connectivity index (χ0) is 24.0. The number of hydrogen-bond donors (Lipinski definition) is 0. The van der Waals surface area contributed by atoms with Crippen LogP contribution < -0.4 is 9.47 Å². The molecule has 2 atom stereocenters. The van der Waals surface area contributed by atoms with Crippen LogP contribution in [0.25, 0.3) is 0 Å². The standard InChI is InChI=1S/C21H17Cl4F3O5/c22-17-7-14(30-6-5-19(24)25)8-18(23)16(17)11-29-9-15-10-31-20(32-15)12-1-3-13(4-2-12)33-21(26,27)28/h1-5,7-8,15,20H,6,9-11H2. The Labute approximate surface area is 207 Å². The van der Waals surface area contributed by atoms with E-state index in [1.54, 1.807) is 12.1 Å². The van der Waals surface area contributed by atoms with Crippen LogP contribution in [-0.4, -0.2) is 32.3 Å². The van der Waals surface area contributed by atoms with E-state index in [2.05, 4.69) is 4.74 Å². The molecule has 1 saturated heterocycles. The number of benzene rings is 2. The molecule has 33 heavy (non-hydrogen) atoms. The molecule has 0 amide bonds. The summed E-state index contributed by atoms with van der Waals surface area (Å²) in [5.41, 5.74) is 1.13. The van der Waals surface area contributed by atoms with Crippen molar-refractivity contribution in [1.82, 2.24) is 0 Å². The van der Waals surface area contributed by atoms with Crippen molar-refractivity contribution in [3.05, 3.63) is 68.1 Å². The van der Waals surface area contributed by atoms with Crippen LogP contribution in [0.2, 0.25) is 10.0 Å². The number of halogens is 7. The van der Waals surface area contributed by atoms with Gasteiger partial charge in [-0.05, 0) is 30.3 Å². The predicted octanol–water partition coefficient (Wildman–Crippen LogP) is 7.22. The second-order valence-electron chi connectivity index (χ2n) is 6.73. The minimum Gasteiger partial charge on any atom is -0.489 e. The summed E-state index contributed by atoms with van der Waals surface area (Å²) >= 11 is 23.6. The van der Waals surface area contributed by atoms with E-state index in [-0.39, 0.29) is 42.8 Å². The van der Waals surface area contributed by atoms with E-state index < -0.39 is 12.7 Å². The molecule has 0 N–H and O–H groups in total. The fourth-order valence-corrected chi connectivity index (χ4v) is 3.53. The number of hydrogen-bond acceptors (Lipinski definition) is 5. The molecule has 1 aliphatic heterocycles. The topological polar surface area (TPSA) is 46.2 Å². The summed E-state index contributed by atoms with van der Waals surface area (Å²) in [7, 11) is 0. The number of alkyl halides is 3. The molecule has 1 heterocycles. The fraction of sp³-hybridized carbons (Fsp3) is 0.333. The highest BCUT2D eigenvalue weighted by Gasteiger charge is 2.32. The summed E-state index contributed by atoms with van der Waals surface area (Å²) in [6, 6.07) is 8.46. The van der Waals surface area contributed by atoms with Crippen LogP contribution in [0.4, 0.5) is 13.2 Å². The van der Waals surface area contributed by atoms with Gasteiger partial charge in [-0.2, -0.15) is 0 Å². The van der Waals surface area contributed by atoms with Crippen molar-refractivity contribution >= 4 is 46.4 Å². The third-order valence-corrected chi connectivity index (χ3v) is 5.27. The highest BCUT2D eigenvalue weighted by atomic mass is 35.5. The molecular formula is C21H17Cl4F3O5. The molecule has 2 aromatic rings. The van der Waals surface area contributed by atoms with Gasteiger partial charge in [-0.3, -0.25) is 0 Å². The lowest BCUT2D eigenvalue weighted by Gasteiger charge is -2.14. The molecule has 180 valence electrons. The molecule has 1 aliphatic rings. The zero-order valence-electron chi connectivity index (χ0n) is 16.7. The van der Waals surface area contributed by atoms with Crippen LogP contribution >= 0.6 is 46.4 Å². The first-order valence-electron chi connectivity index (χ1n) is 9.43. The van der Waals surface area contributed by atoms with Crippen LogP contribution in [0.3, 0.4) is 0 Å². The smallest absolute Gasteiger partial charge is 0.489 e. The van der Waals surface area contributed by atoms with Crippen LogP contribution in [0.15, 0.2) is 47.0 Å². The van der Waals surface area contributed by atoms with Gasteiger partial charge in [0.15, 0.2) is 6.29 Å². The van der Waals surface area contributed by atoms with Crippen LogP contribution in [0.5, 0.6) is 11.5 Å². The second-order valence-corrected chi connectivity index (χ2v) is 8.55. The molecule has 0 saturated carbocycles. The van der Waals surface area contributed by atoms with Gasteiger partial charge in [0.25, 0.3) is 0 Å². The SMILES string of the molecule is FC(F)(F)Oc1ccc(C2OCC(COCc3c(Cl)cc(OCC=C(Cl)Cl)cc3Cl)O2)cc1. The van der Waals surface area contributed by atoms with E-state index in [0.717, 1.165) is 0 Å². The molecule has 0 aliphatic carbocycles.